The molecule has 1 saturated heterocycles. The van der Waals surface area contributed by atoms with Crippen LogP contribution < -0.4 is 4.72 Å². The normalized spacial score (nSPS) is 15.1. The number of carbonyl (C=O) groups is 1. The van der Waals surface area contributed by atoms with Gasteiger partial charge in [-0.1, -0.05) is 12.1 Å². The fraction of sp³-hybridized carbons (Fsp3) is 0.278. The van der Waals surface area contributed by atoms with Crippen molar-refractivity contribution < 1.29 is 14.6 Å². The van der Waals surface area contributed by atoms with Crippen molar-refractivity contribution in [2.24, 2.45) is 0 Å². The molecule has 0 aliphatic carbocycles. The average Bonchev–Trinajstić information content (AvgIpc) is 2.63. The maximum absolute atomic E-state index is 11.1. The Morgan fingerprint density at radius 2 is 2.00 bits per heavy atom. The predicted molar refractivity (Wildman–Crippen MR) is 102 cm³/mol. The van der Waals surface area contributed by atoms with Gasteiger partial charge in [-0.25, -0.2) is 9.10 Å². The quantitative estimate of drug-likeness (QED) is 0.734. The maximum atomic E-state index is 11.1. The molecule has 2 aromatic rings. The molecule has 132 valence electrons. The number of rotatable bonds is 6. The van der Waals surface area contributed by atoms with Crippen LogP contribution in [0, 0.1) is 6.92 Å². The summed E-state index contributed by atoms with van der Waals surface area (Å²) in [6.07, 6.45) is 0. The third kappa shape index (κ3) is 5.15. The van der Waals surface area contributed by atoms with Crippen LogP contribution >= 0.6 is 23.9 Å². The number of aromatic carboxylic acids is 1. The average molecular weight is 377 g/mol. The van der Waals surface area contributed by atoms with E-state index in [2.05, 4.69) is 28.1 Å². The molecule has 5 nitrogen and oxygen atoms in total. The van der Waals surface area contributed by atoms with E-state index in [0.29, 0.717) is 5.56 Å². The highest BCUT2D eigenvalue weighted by Crippen LogP contribution is 2.31. The molecule has 0 spiro atoms. The van der Waals surface area contributed by atoms with Crippen molar-refractivity contribution in [1.29, 1.82) is 0 Å². The lowest BCUT2D eigenvalue weighted by Crippen LogP contribution is -2.30. The van der Waals surface area contributed by atoms with Gasteiger partial charge in [0.15, 0.2) is 0 Å². The van der Waals surface area contributed by atoms with E-state index in [4.69, 9.17) is 9.84 Å². The van der Waals surface area contributed by atoms with Crippen LogP contribution in [0.2, 0.25) is 0 Å². The Hall–Kier alpha value is -1.67. The van der Waals surface area contributed by atoms with Crippen molar-refractivity contribution in [3.63, 3.8) is 0 Å². The van der Waals surface area contributed by atoms with Gasteiger partial charge in [0.25, 0.3) is 0 Å². The molecular weight excluding hydrogens is 356 g/mol. The van der Waals surface area contributed by atoms with E-state index >= 15 is 0 Å². The van der Waals surface area contributed by atoms with Crippen molar-refractivity contribution in [3.8, 4) is 0 Å². The Morgan fingerprint density at radius 1 is 1.20 bits per heavy atom. The minimum atomic E-state index is -0.915. The predicted octanol–water partition coefficient (Wildman–Crippen LogP) is 4.15. The van der Waals surface area contributed by atoms with Crippen LogP contribution in [0.3, 0.4) is 0 Å². The van der Waals surface area contributed by atoms with E-state index in [1.54, 1.807) is 30.1 Å². The third-order valence-corrected chi connectivity index (χ3v) is 5.84. The fourth-order valence-corrected chi connectivity index (χ4v) is 4.05. The number of nitrogens with one attached hydrogen (secondary N) is 1. The molecule has 0 saturated carbocycles. The Kier molecular flexibility index (Phi) is 6.25. The number of aryl methyl sites for hydroxylation is 1. The molecule has 1 fully saturated rings. The van der Waals surface area contributed by atoms with Crippen LogP contribution in [0.4, 0.5) is 5.69 Å². The number of hydrogen-bond donors (Lipinski definition) is 2. The Labute approximate surface area is 156 Å². The van der Waals surface area contributed by atoms with Crippen molar-refractivity contribution in [1.82, 2.24) is 4.31 Å². The highest BCUT2D eigenvalue weighted by molar-refractivity contribution is 8.00. The molecule has 1 aliphatic rings. The van der Waals surface area contributed by atoms with E-state index in [1.165, 1.54) is 22.4 Å². The molecule has 0 unspecified atom stereocenters. The van der Waals surface area contributed by atoms with Gasteiger partial charge in [-0.3, -0.25) is 0 Å². The molecule has 2 N–H and O–H groups in total. The van der Waals surface area contributed by atoms with Gasteiger partial charge in [0.2, 0.25) is 0 Å². The monoisotopic (exact) mass is 376 g/mol. The fourth-order valence-electron chi connectivity index (χ4n) is 2.35. The van der Waals surface area contributed by atoms with E-state index in [-0.39, 0.29) is 0 Å². The van der Waals surface area contributed by atoms with Gasteiger partial charge >= 0.3 is 5.97 Å². The second kappa shape index (κ2) is 8.62. The summed E-state index contributed by atoms with van der Waals surface area (Å²) < 4.78 is 11.0. The van der Waals surface area contributed by atoms with Crippen molar-refractivity contribution >= 4 is 35.6 Å². The summed E-state index contributed by atoms with van der Waals surface area (Å²) in [6.45, 7) is 5.52. The summed E-state index contributed by atoms with van der Waals surface area (Å²) in [5.41, 5.74) is 2.52. The van der Waals surface area contributed by atoms with Crippen LogP contribution in [0.25, 0.3) is 0 Å². The van der Waals surface area contributed by atoms with Crippen LogP contribution in [0.15, 0.2) is 52.3 Å². The van der Waals surface area contributed by atoms with Gasteiger partial charge in [0, 0.05) is 28.6 Å². The van der Waals surface area contributed by atoms with E-state index < -0.39 is 5.97 Å². The standard InChI is InChI=1S/C18H20N2O3S2/c1-13-5-6-15(12-17(13)25-20-7-9-23-10-8-20)19-24-16-4-2-3-14(11-16)18(21)22/h2-6,11-12,19H,7-10H2,1H3,(H,21,22). The molecule has 7 heteroatoms. The second-order valence-electron chi connectivity index (χ2n) is 5.65. The van der Waals surface area contributed by atoms with Crippen molar-refractivity contribution in [2.75, 3.05) is 31.0 Å². The third-order valence-electron chi connectivity index (χ3n) is 3.75. The van der Waals surface area contributed by atoms with Crippen LogP contribution in [0.5, 0.6) is 0 Å². The highest BCUT2D eigenvalue weighted by atomic mass is 32.2. The van der Waals surface area contributed by atoms with Crippen LogP contribution in [-0.2, 0) is 4.74 Å². The summed E-state index contributed by atoms with van der Waals surface area (Å²) in [5.74, 6) is -0.915. The lowest BCUT2D eigenvalue weighted by Gasteiger charge is -2.26. The lowest BCUT2D eigenvalue weighted by atomic mass is 10.2. The molecule has 0 amide bonds. The summed E-state index contributed by atoms with van der Waals surface area (Å²) in [5, 5.41) is 9.07. The van der Waals surface area contributed by atoms with Gasteiger partial charge < -0.3 is 14.6 Å². The number of hydrogen-bond acceptors (Lipinski definition) is 6. The second-order valence-corrected chi connectivity index (χ2v) is 7.67. The minimum absolute atomic E-state index is 0.291. The van der Waals surface area contributed by atoms with E-state index in [0.717, 1.165) is 36.9 Å². The molecule has 3 rings (SSSR count). The topological polar surface area (TPSA) is 61.8 Å². The first-order chi connectivity index (χ1) is 12.1. The van der Waals surface area contributed by atoms with Crippen molar-refractivity contribution in [2.45, 2.75) is 16.7 Å². The van der Waals surface area contributed by atoms with E-state index in [9.17, 15) is 4.79 Å². The smallest absolute Gasteiger partial charge is 0.335 e. The zero-order valence-electron chi connectivity index (χ0n) is 13.9. The van der Waals surface area contributed by atoms with Gasteiger partial charge in [-0.05, 0) is 66.7 Å². The number of carboxylic acid groups (broad SMARTS) is 1. The first kappa shape index (κ1) is 18.1. The molecule has 0 aromatic heterocycles. The zero-order valence-corrected chi connectivity index (χ0v) is 15.5. The Balaban J connectivity index is 1.65. The molecular formula is C18H20N2O3S2. The SMILES string of the molecule is Cc1ccc(NSc2cccc(C(=O)O)c2)cc1SN1CCOCC1. The van der Waals surface area contributed by atoms with Crippen LogP contribution in [-0.4, -0.2) is 41.7 Å². The molecule has 0 radical (unpaired) electrons. The number of benzene rings is 2. The number of nitrogens with zero attached hydrogens (tertiary/aromatic N) is 1. The summed E-state index contributed by atoms with van der Waals surface area (Å²) in [6, 6.07) is 13.2. The first-order valence-electron chi connectivity index (χ1n) is 7.99. The van der Waals surface area contributed by atoms with Gasteiger partial charge in [-0.15, -0.1) is 0 Å². The van der Waals surface area contributed by atoms with Gasteiger partial charge in [0.05, 0.1) is 18.8 Å². The van der Waals surface area contributed by atoms with Crippen LogP contribution in [0.1, 0.15) is 15.9 Å². The first-order valence-corrected chi connectivity index (χ1v) is 9.58. The summed E-state index contributed by atoms with van der Waals surface area (Å²) in [4.78, 5) is 13.1. The van der Waals surface area contributed by atoms with Gasteiger partial charge in [0.1, 0.15) is 0 Å². The largest absolute Gasteiger partial charge is 0.478 e. The van der Waals surface area contributed by atoms with E-state index in [1.807, 2.05) is 12.1 Å². The molecule has 1 aliphatic heterocycles. The zero-order chi connectivity index (χ0) is 17.6. The Bertz CT molecular complexity index is 749. The lowest BCUT2D eigenvalue weighted by molar-refractivity contribution is 0.0696. The molecule has 25 heavy (non-hydrogen) atoms. The van der Waals surface area contributed by atoms with Crippen molar-refractivity contribution in [3.05, 3.63) is 53.6 Å². The molecule has 2 aromatic carbocycles. The maximum Gasteiger partial charge on any atom is 0.335 e. The highest BCUT2D eigenvalue weighted by Gasteiger charge is 2.13. The summed E-state index contributed by atoms with van der Waals surface area (Å²) >= 11 is 3.17. The number of carboxylic acids is 1. The Morgan fingerprint density at radius 3 is 2.76 bits per heavy atom. The molecule has 0 bridgehead atoms. The molecule has 0 atom stereocenters. The number of ether oxygens (including phenoxy) is 1. The van der Waals surface area contributed by atoms with Gasteiger partial charge in [-0.2, -0.15) is 0 Å². The number of anilines is 1. The number of morpholine rings is 1. The minimum Gasteiger partial charge on any atom is -0.478 e. The summed E-state index contributed by atoms with van der Waals surface area (Å²) in [7, 11) is 0. The molecule has 1 heterocycles.